The van der Waals surface area contributed by atoms with Gasteiger partial charge < -0.3 is 28.8 Å². The molecule has 2 fully saturated rings. The normalized spacial score (nSPS) is 25.6. The summed E-state index contributed by atoms with van der Waals surface area (Å²) in [6.07, 6.45) is 0.130. The molecule has 6 heteroatoms. The van der Waals surface area contributed by atoms with Crippen molar-refractivity contribution in [2.45, 2.75) is 37.6 Å². The van der Waals surface area contributed by atoms with E-state index < -0.39 is 5.79 Å². The van der Waals surface area contributed by atoms with Crippen LogP contribution in [-0.2, 0) is 36.9 Å². The minimum absolute atomic E-state index is 0.0235. The van der Waals surface area contributed by atoms with Crippen LogP contribution in [0.4, 0.5) is 0 Å². The zero-order valence-corrected chi connectivity index (χ0v) is 17.2. The molecule has 162 valence electrons. The number of benzene rings is 2. The molecule has 2 heterocycles. The van der Waals surface area contributed by atoms with Crippen molar-refractivity contribution in [2.24, 2.45) is 5.92 Å². The van der Waals surface area contributed by atoms with Crippen molar-refractivity contribution >= 4 is 0 Å². The second-order valence-electron chi connectivity index (χ2n) is 7.83. The van der Waals surface area contributed by atoms with E-state index in [1.165, 1.54) is 0 Å². The SMILES string of the molecule is OC[C@H]1C[C@@H](C2(COCc3ccccc3)OCCO2)O[C@H]1COCc1ccccc1. The van der Waals surface area contributed by atoms with Gasteiger partial charge in [-0.15, -0.1) is 0 Å². The lowest BCUT2D eigenvalue weighted by Gasteiger charge is -2.32. The Morgan fingerprint density at radius 1 is 0.867 bits per heavy atom. The van der Waals surface area contributed by atoms with Crippen LogP contribution >= 0.6 is 0 Å². The highest BCUT2D eigenvalue weighted by Gasteiger charge is 2.51. The van der Waals surface area contributed by atoms with E-state index in [1.54, 1.807) is 0 Å². The maximum atomic E-state index is 9.87. The Morgan fingerprint density at radius 3 is 2.07 bits per heavy atom. The molecule has 0 saturated carbocycles. The first kappa shape index (κ1) is 21.4. The van der Waals surface area contributed by atoms with Gasteiger partial charge in [0.15, 0.2) is 0 Å². The van der Waals surface area contributed by atoms with Crippen LogP contribution in [0, 0.1) is 5.92 Å². The number of ether oxygens (including phenoxy) is 5. The number of aliphatic hydroxyl groups is 1. The van der Waals surface area contributed by atoms with Crippen LogP contribution in [-0.4, -0.2) is 56.1 Å². The standard InChI is InChI=1S/C24H30O6/c25-14-21-13-23(30-22(21)17-26-15-19-7-3-1-4-8-19)24(28-11-12-29-24)18-27-16-20-9-5-2-6-10-20/h1-10,21-23,25H,11-18H2/t21-,22+,23+/m1/s1. The number of rotatable bonds is 10. The van der Waals surface area contributed by atoms with Gasteiger partial charge in [0.05, 0.1) is 39.1 Å². The van der Waals surface area contributed by atoms with Crippen LogP contribution in [0.2, 0.25) is 0 Å². The molecule has 1 N–H and O–H groups in total. The Kier molecular flexibility index (Phi) is 7.49. The average molecular weight is 414 g/mol. The molecule has 2 aliphatic heterocycles. The summed E-state index contributed by atoms with van der Waals surface area (Å²) in [5.74, 6) is -0.958. The Bertz CT molecular complexity index is 747. The van der Waals surface area contributed by atoms with E-state index in [0.29, 0.717) is 39.5 Å². The van der Waals surface area contributed by atoms with E-state index in [9.17, 15) is 5.11 Å². The molecule has 6 nitrogen and oxygen atoms in total. The highest BCUT2D eigenvalue weighted by Crippen LogP contribution is 2.38. The zero-order chi connectivity index (χ0) is 20.7. The number of hydrogen-bond acceptors (Lipinski definition) is 6. The Labute approximate surface area is 177 Å². The van der Waals surface area contributed by atoms with Crippen LogP contribution in [0.25, 0.3) is 0 Å². The van der Waals surface area contributed by atoms with E-state index in [4.69, 9.17) is 23.7 Å². The fraction of sp³-hybridized carbons (Fsp3) is 0.500. The fourth-order valence-corrected chi connectivity index (χ4v) is 4.04. The molecule has 30 heavy (non-hydrogen) atoms. The molecular formula is C24H30O6. The van der Waals surface area contributed by atoms with E-state index >= 15 is 0 Å². The largest absolute Gasteiger partial charge is 0.396 e. The zero-order valence-electron chi connectivity index (χ0n) is 17.2. The van der Waals surface area contributed by atoms with Crippen LogP contribution in [0.1, 0.15) is 17.5 Å². The first-order valence-corrected chi connectivity index (χ1v) is 10.6. The minimum atomic E-state index is -0.934. The van der Waals surface area contributed by atoms with Gasteiger partial charge in [-0.3, -0.25) is 0 Å². The van der Waals surface area contributed by atoms with Gasteiger partial charge in [-0.2, -0.15) is 0 Å². The molecule has 0 radical (unpaired) electrons. The molecule has 4 rings (SSSR count). The summed E-state index contributed by atoms with van der Waals surface area (Å²) in [6.45, 7) is 2.74. The average Bonchev–Trinajstić information content (AvgIpc) is 3.43. The van der Waals surface area contributed by atoms with Gasteiger partial charge in [0.1, 0.15) is 12.7 Å². The smallest absolute Gasteiger partial charge is 0.219 e. The fourth-order valence-electron chi connectivity index (χ4n) is 4.04. The maximum absolute atomic E-state index is 9.87. The van der Waals surface area contributed by atoms with Crippen molar-refractivity contribution in [3.8, 4) is 0 Å². The first-order valence-electron chi connectivity index (χ1n) is 10.6. The molecule has 2 aromatic rings. The molecule has 2 saturated heterocycles. The quantitative estimate of drug-likeness (QED) is 0.645. The molecule has 0 bridgehead atoms. The van der Waals surface area contributed by atoms with Crippen molar-refractivity contribution in [1.82, 2.24) is 0 Å². The Balaban J connectivity index is 1.32. The summed E-state index contributed by atoms with van der Waals surface area (Å²) in [5.41, 5.74) is 2.21. The molecule has 0 amide bonds. The van der Waals surface area contributed by atoms with Gasteiger partial charge in [0.25, 0.3) is 0 Å². The van der Waals surface area contributed by atoms with E-state index in [0.717, 1.165) is 11.1 Å². The highest BCUT2D eigenvalue weighted by molar-refractivity contribution is 5.14. The number of aliphatic hydroxyl groups excluding tert-OH is 1. The highest BCUT2D eigenvalue weighted by atomic mass is 16.8. The van der Waals surface area contributed by atoms with Gasteiger partial charge in [0, 0.05) is 12.5 Å². The van der Waals surface area contributed by atoms with Crippen molar-refractivity contribution in [3.05, 3.63) is 71.8 Å². The van der Waals surface area contributed by atoms with E-state index in [-0.39, 0.29) is 31.3 Å². The predicted molar refractivity (Wildman–Crippen MR) is 111 cm³/mol. The van der Waals surface area contributed by atoms with Crippen LogP contribution in [0.3, 0.4) is 0 Å². The third-order valence-electron chi connectivity index (χ3n) is 5.69. The molecule has 0 unspecified atom stereocenters. The summed E-state index contributed by atoms with van der Waals surface area (Å²) in [6, 6.07) is 20.0. The monoisotopic (exact) mass is 414 g/mol. The van der Waals surface area contributed by atoms with Gasteiger partial charge in [-0.25, -0.2) is 0 Å². The molecule has 2 aromatic carbocycles. The Morgan fingerprint density at radius 2 is 1.47 bits per heavy atom. The van der Waals surface area contributed by atoms with Gasteiger partial charge in [-0.1, -0.05) is 60.7 Å². The molecule has 0 aromatic heterocycles. The third-order valence-corrected chi connectivity index (χ3v) is 5.69. The summed E-state index contributed by atoms with van der Waals surface area (Å²) in [5, 5.41) is 9.87. The molecule has 0 spiro atoms. The molecule has 3 atom stereocenters. The summed E-state index contributed by atoms with van der Waals surface area (Å²) < 4.78 is 30.1. The molecule has 0 aliphatic carbocycles. The lowest BCUT2D eigenvalue weighted by atomic mass is 9.97. The predicted octanol–water partition coefficient (Wildman–Crippen LogP) is 2.93. The van der Waals surface area contributed by atoms with Crippen molar-refractivity contribution in [3.63, 3.8) is 0 Å². The first-order chi connectivity index (χ1) is 14.8. The van der Waals surface area contributed by atoms with Gasteiger partial charge >= 0.3 is 0 Å². The van der Waals surface area contributed by atoms with E-state index in [2.05, 4.69) is 0 Å². The van der Waals surface area contributed by atoms with Crippen LogP contribution in [0.15, 0.2) is 60.7 Å². The second kappa shape index (κ2) is 10.5. The Hall–Kier alpha value is -1.80. The molecular weight excluding hydrogens is 384 g/mol. The lowest BCUT2D eigenvalue weighted by Crippen LogP contribution is -2.48. The van der Waals surface area contributed by atoms with Crippen molar-refractivity contribution in [2.75, 3.05) is 33.0 Å². The van der Waals surface area contributed by atoms with Gasteiger partial charge in [0.2, 0.25) is 5.79 Å². The maximum Gasteiger partial charge on any atom is 0.219 e. The van der Waals surface area contributed by atoms with Crippen molar-refractivity contribution < 1.29 is 28.8 Å². The van der Waals surface area contributed by atoms with Crippen LogP contribution in [0.5, 0.6) is 0 Å². The molecule has 2 aliphatic rings. The topological polar surface area (TPSA) is 66.4 Å². The summed E-state index contributed by atoms with van der Waals surface area (Å²) in [7, 11) is 0. The van der Waals surface area contributed by atoms with Crippen LogP contribution < -0.4 is 0 Å². The number of hydrogen-bond donors (Lipinski definition) is 1. The van der Waals surface area contributed by atoms with Crippen molar-refractivity contribution in [1.29, 1.82) is 0 Å². The second-order valence-corrected chi connectivity index (χ2v) is 7.83. The summed E-state index contributed by atoms with van der Waals surface area (Å²) in [4.78, 5) is 0. The lowest BCUT2D eigenvalue weighted by molar-refractivity contribution is -0.256. The third kappa shape index (κ3) is 5.27. The summed E-state index contributed by atoms with van der Waals surface area (Å²) >= 11 is 0. The minimum Gasteiger partial charge on any atom is -0.396 e. The van der Waals surface area contributed by atoms with Gasteiger partial charge in [-0.05, 0) is 17.5 Å². The van der Waals surface area contributed by atoms with E-state index in [1.807, 2.05) is 60.7 Å².